The molecule has 2 atom stereocenters. The summed E-state index contributed by atoms with van der Waals surface area (Å²) in [5.74, 6) is 1.74. The number of likely N-dealkylation sites (tertiary alicyclic amines) is 1. The van der Waals surface area contributed by atoms with Crippen LogP contribution in [-0.2, 0) is 0 Å². The Morgan fingerprint density at radius 2 is 2.21 bits per heavy atom. The van der Waals surface area contributed by atoms with Crippen LogP contribution in [0.15, 0.2) is 24.3 Å². The number of ether oxygens (including phenoxy) is 1. The number of nitrogens with one attached hydrogen (secondary N) is 1. The van der Waals surface area contributed by atoms with Gasteiger partial charge in [-0.3, -0.25) is 4.90 Å². The maximum atomic E-state index is 5.76. The van der Waals surface area contributed by atoms with E-state index in [1.807, 2.05) is 0 Å². The van der Waals surface area contributed by atoms with Gasteiger partial charge in [-0.1, -0.05) is 18.2 Å². The van der Waals surface area contributed by atoms with Gasteiger partial charge in [0.2, 0.25) is 0 Å². The molecule has 104 valence electrons. The second-order valence-corrected chi connectivity index (χ2v) is 5.72. The number of hydrogen-bond donors (Lipinski definition) is 1. The Bertz CT molecular complexity index is 421. The van der Waals surface area contributed by atoms with E-state index in [0.717, 1.165) is 31.4 Å². The van der Waals surface area contributed by atoms with Gasteiger partial charge in [-0.15, -0.1) is 0 Å². The molecule has 0 aromatic heterocycles. The summed E-state index contributed by atoms with van der Waals surface area (Å²) in [7, 11) is 2.06. The molecule has 2 unspecified atom stereocenters. The van der Waals surface area contributed by atoms with Crippen LogP contribution in [0.25, 0.3) is 0 Å². The second kappa shape index (κ2) is 5.93. The minimum atomic E-state index is 0.641. The van der Waals surface area contributed by atoms with E-state index in [2.05, 4.69) is 41.5 Å². The van der Waals surface area contributed by atoms with Gasteiger partial charge in [-0.25, -0.2) is 0 Å². The van der Waals surface area contributed by atoms with E-state index in [9.17, 15) is 0 Å². The maximum Gasteiger partial charge on any atom is 0.122 e. The van der Waals surface area contributed by atoms with E-state index in [1.165, 1.54) is 31.5 Å². The minimum Gasteiger partial charge on any atom is -0.493 e. The predicted octanol–water partition coefficient (Wildman–Crippen LogP) is 2.24. The number of rotatable bonds is 4. The molecule has 1 fully saturated rings. The SMILES string of the molecule is CNCC1CCCN1CC1CCOc2ccccc21. The van der Waals surface area contributed by atoms with Crippen LogP contribution in [0.4, 0.5) is 0 Å². The monoisotopic (exact) mass is 260 g/mol. The van der Waals surface area contributed by atoms with Gasteiger partial charge in [0.25, 0.3) is 0 Å². The Balaban J connectivity index is 1.70. The van der Waals surface area contributed by atoms with Crippen molar-refractivity contribution in [2.24, 2.45) is 0 Å². The third-order valence-electron chi connectivity index (χ3n) is 4.48. The molecule has 2 heterocycles. The van der Waals surface area contributed by atoms with Crippen molar-refractivity contribution in [1.29, 1.82) is 0 Å². The summed E-state index contributed by atoms with van der Waals surface area (Å²) in [6.07, 6.45) is 3.84. The lowest BCUT2D eigenvalue weighted by Gasteiger charge is -2.32. The normalized spacial score (nSPS) is 27.0. The summed E-state index contributed by atoms with van der Waals surface area (Å²) >= 11 is 0. The van der Waals surface area contributed by atoms with Crippen LogP contribution in [0, 0.1) is 0 Å². The second-order valence-electron chi connectivity index (χ2n) is 5.72. The fourth-order valence-electron chi connectivity index (χ4n) is 3.49. The zero-order valence-electron chi connectivity index (χ0n) is 11.8. The van der Waals surface area contributed by atoms with Crippen LogP contribution in [0.5, 0.6) is 5.75 Å². The molecule has 0 bridgehead atoms. The van der Waals surface area contributed by atoms with Gasteiger partial charge in [-0.2, -0.15) is 0 Å². The van der Waals surface area contributed by atoms with Crippen molar-refractivity contribution in [3.63, 3.8) is 0 Å². The number of likely N-dealkylation sites (N-methyl/N-ethyl adjacent to an activating group) is 1. The average Bonchev–Trinajstić information content (AvgIpc) is 2.87. The smallest absolute Gasteiger partial charge is 0.122 e. The fourth-order valence-corrected chi connectivity index (χ4v) is 3.49. The van der Waals surface area contributed by atoms with Gasteiger partial charge in [0, 0.05) is 25.0 Å². The van der Waals surface area contributed by atoms with E-state index in [1.54, 1.807) is 0 Å². The summed E-state index contributed by atoms with van der Waals surface area (Å²) in [6, 6.07) is 9.27. The van der Waals surface area contributed by atoms with Gasteiger partial charge in [0.15, 0.2) is 0 Å². The molecular weight excluding hydrogens is 236 g/mol. The van der Waals surface area contributed by atoms with Crippen LogP contribution in [0.1, 0.15) is 30.7 Å². The van der Waals surface area contributed by atoms with E-state index < -0.39 is 0 Å². The molecule has 2 aliphatic rings. The van der Waals surface area contributed by atoms with Gasteiger partial charge in [0.1, 0.15) is 5.75 Å². The Morgan fingerprint density at radius 1 is 1.32 bits per heavy atom. The first-order chi connectivity index (χ1) is 9.38. The third-order valence-corrected chi connectivity index (χ3v) is 4.48. The Hall–Kier alpha value is -1.06. The van der Waals surface area contributed by atoms with E-state index in [-0.39, 0.29) is 0 Å². The predicted molar refractivity (Wildman–Crippen MR) is 77.8 cm³/mol. The van der Waals surface area contributed by atoms with Crippen LogP contribution in [-0.4, -0.2) is 44.2 Å². The first-order valence-electron chi connectivity index (χ1n) is 7.49. The van der Waals surface area contributed by atoms with Crippen molar-refractivity contribution in [2.45, 2.75) is 31.2 Å². The van der Waals surface area contributed by atoms with Gasteiger partial charge < -0.3 is 10.1 Å². The molecule has 3 rings (SSSR count). The molecule has 0 aliphatic carbocycles. The Kier molecular flexibility index (Phi) is 4.04. The molecule has 0 amide bonds. The third kappa shape index (κ3) is 2.77. The molecule has 19 heavy (non-hydrogen) atoms. The summed E-state index contributed by atoms with van der Waals surface area (Å²) in [6.45, 7) is 4.43. The van der Waals surface area contributed by atoms with Crippen LogP contribution >= 0.6 is 0 Å². The van der Waals surface area contributed by atoms with E-state index in [4.69, 9.17) is 4.74 Å². The standard InChI is InChI=1S/C16H24N2O/c1-17-11-14-5-4-9-18(14)12-13-8-10-19-16-7-3-2-6-15(13)16/h2-3,6-7,13-14,17H,4-5,8-12H2,1H3. The van der Waals surface area contributed by atoms with Crippen molar-refractivity contribution >= 4 is 0 Å². The fraction of sp³-hybridized carbons (Fsp3) is 0.625. The zero-order valence-corrected chi connectivity index (χ0v) is 11.8. The molecule has 1 N–H and O–H groups in total. The maximum absolute atomic E-state index is 5.76. The molecule has 1 aromatic carbocycles. The number of nitrogens with zero attached hydrogens (tertiary/aromatic N) is 1. The van der Waals surface area contributed by atoms with Crippen molar-refractivity contribution in [1.82, 2.24) is 10.2 Å². The molecule has 2 aliphatic heterocycles. The van der Waals surface area contributed by atoms with E-state index in [0.29, 0.717) is 5.92 Å². The molecule has 0 saturated carbocycles. The molecule has 1 aromatic rings. The lowest BCUT2D eigenvalue weighted by atomic mass is 9.92. The van der Waals surface area contributed by atoms with Crippen LogP contribution < -0.4 is 10.1 Å². The highest BCUT2D eigenvalue weighted by molar-refractivity contribution is 5.38. The van der Waals surface area contributed by atoms with Crippen molar-refractivity contribution in [3.05, 3.63) is 29.8 Å². The molecule has 1 saturated heterocycles. The molecule has 0 spiro atoms. The Labute approximate surface area is 115 Å². The summed E-state index contributed by atoms with van der Waals surface area (Å²) in [5, 5.41) is 3.33. The minimum absolute atomic E-state index is 0.641. The van der Waals surface area contributed by atoms with Gasteiger partial charge in [-0.05, 0) is 44.5 Å². The highest BCUT2D eigenvalue weighted by Gasteiger charge is 2.29. The van der Waals surface area contributed by atoms with E-state index >= 15 is 0 Å². The van der Waals surface area contributed by atoms with Crippen molar-refractivity contribution in [2.75, 3.05) is 33.3 Å². The highest BCUT2D eigenvalue weighted by atomic mass is 16.5. The summed E-state index contributed by atoms with van der Waals surface area (Å²) in [5.41, 5.74) is 1.41. The zero-order chi connectivity index (χ0) is 13.1. The van der Waals surface area contributed by atoms with Crippen molar-refractivity contribution < 1.29 is 4.74 Å². The topological polar surface area (TPSA) is 24.5 Å². The van der Waals surface area contributed by atoms with Gasteiger partial charge in [0.05, 0.1) is 6.61 Å². The van der Waals surface area contributed by atoms with Crippen LogP contribution in [0.2, 0.25) is 0 Å². The number of hydrogen-bond acceptors (Lipinski definition) is 3. The quantitative estimate of drug-likeness (QED) is 0.898. The first-order valence-corrected chi connectivity index (χ1v) is 7.49. The van der Waals surface area contributed by atoms with Crippen molar-refractivity contribution in [3.8, 4) is 5.75 Å². The van der Waals surface area contributed by atoms with Gasteiger partial charge >= 0.3 is 0 Å². The Morgan fingerprint density at radius 3 is 3.11 bits per heavy atom. The molecule has 3 nitrogen and oxygen atoms in total. The highest BCUT2D eigenvalue weighted by Crippen LogP contribution is 2.35. The number of benzene rings is 1. The lowest BCUT2D eigenvalue weighted by molar-refractivity contribution is 0.199. The largest absolute Gasteiger partial charge is 0.493 e. The molecule has 3 heteroatoms. The number of fused-ring (bicyclic) bond motifs is 1. The first kappa shape index (κ1) is 12.9. The summed E-state index contributed by atoms with van der Waals surface area (Å²) in [4.78, 5) is 2.67. The lowest BCUT2D eigenvalue weighted by Crippen LogP contribution is -2.39. The molecule has 0 radical (unpaired) electrons. The number of para-hydroxylation sites is 1. The average molecular weight is 260 g/mol. The van der Waals surface area contributed by atoms with Crippen LogP contribution in [0.3, 0.4) is 0 Å². The molecular formula is C16H24N2O. The summed E-state index contributed by atoms with van der Waals surface area (Å²) < 4.78 is 5.76.